The van der Waals surface area contributed by atoms with E-state index in [0.717, 1.165) is 0 Å². The van der Waals surface area contributed by atoms with Crippen LogP contribution in [0.15, 0.2) is 12.5 Å². The molecule has 1 aliphatic rings. The summed E-state index contributed by atoms with van der Waals surface area (Å²) in [5, 5.41) is 0.0726. The maximum atomic E-state index is 11.9. The Bertz CT molecular complexity index is 480. The van der Waals surface area contributed by atoms with E-state index >= 15 is 0 Å². The first-order chi connectivity index (χ1) is 8.58. The van der Waals surface area contributed by atoms with Crippen molar-refractivity contribution in [2.24, 2.45) is 5.92 Å². The van der Waals surface area contributed by atoms with Crippen molar-refractivity contribution in [2.45, 2.75) is 13.3 Å². The first-order valence-corrected chi connectivity index (χ1v) is 6.55. The molecular formula is C11H14N4O2S. The van der Waals surface area contributed by atoms with E-state index in [4.69, 9.17) is 5.73 Å². The van der Waals surface area contributed by atoms with Crippen LogP contribution < -0.4 is 10.6 Å². The normalized spacial score (nSPS) is 19.3. The van der Waals surface area contributed by atoms with Crippen molar-refractivity contribution < 1.29 is 9.59 Å². The van der Waals surface area contributed by atoms with Gasteiger partial charge in [-0.25, -0.2) is 9.97 Å². The summed E-state index contributed by atoms with van der Waals surface area (Å²) in [7, 11) is 0. The van der Waals surface area contributed by atoms with Crippen LogP contribution in [0.3, 0.4) is 0 Å². The number of rotatable bonds is 3. The van der Waals surface area contributed by atoms with E-state index in [1.807, 2.05) is 0 Å². The minimum atomic E-state index is 0.00523. The molecule has 18 heavy (non-hydrogen) atoms. The molecule has 1 atom stereocenters. The Morgan fingerprint density at radius 2 is 2.44 bits per heavy atom. The van der Waals surface area contributed by atoms with Gasteiger partial charge >= 0.3 is 0 Å². The molecule has 1 unspecified atom stereocenters. The van der Waals surface area contributed by atoms with Crippen LogP contribution in [0.4, 0.5) is 11.5 Å². The van der Waals surface area contributed by atoms with E-state index in [-0.39, 0.29) is 16.9 Å². The number of aromatic nitrogens is 2. The van der Waals surface area contributed by atoms with Crippen LogP contribution in [0.5, 0.6) is 0 Å². The average Bonchev–Trinajstić information content (AvgIpc) is 2.69. The smallest absolute Gasteiger partial charge is 0.227 e. The zero-order valence-corrected chi connectivity index (χ0v) is 10.8. The van der Waals surface area contributed by atoms with Crippen LogP contribution in [-0.2, 0) is 9.59 Å². The second-order valence-corrected chi connectivity index (χ2v) is 5.37. The SMILES string of the molecule is CC(=O)SCC1CC(=O)N(c2cncnc2N)C1. The third-order valence-electron chi connectivity index (χ3n) is 2.74. The molecule has 2 N–H and O–H groups in total. The molecule has 0 aliphatic carbocycles. The van der Waals surface area contributed by atoms with Crippen molar-refractivity contribution in [1.29, 1.82) is 0 Å². The summed E-state index contributed by atoms with van der Waals surface area (Å²) in [6.07, 6.45) is 3.33. The quantitative estimate of drug-likeness (QED) is 0.866. The Hall–Kier alpha value is -1.63. The van der Waals surface area contributed by atoms with Gasteiger partial charge in [0.15, 0.2) is 10.9 Å². The fraction of sp³-hybridized carbons (Fsp3) is 0.455. The Kier molecular flexibility index (Phi) is 3.81. The molecule has 7 heteroatoms. The van der Waals surface area contributed by atoms with Crippen molar-refractivity contribution >= 4 is 34.3 Å². The monoisotopic (exact) mass is 266 g/mol. The minimum Gasteiger partial charge on any atom is -0.382 e. The Morgan fingerprint density at radius 1 is 1.67 bits per heavy atom. The zero-order valence-electron chi connectivity index (χ0n) is 10.00. The fourth-order valence-electron chi connectivity index (χ4n) is 1.90. The number of hydrogen-bond donors (Lipinski definition) is 1. The Labute approximate surface area is 109 Å². The van der Waals surface area contributed by atoms with Gasteiger partial charge in [0.2, 0.25) is 5.91 Å². The zero-order chi connectivity index (χ0) is 13.1. The summed E-state index contributed by atoms with van der Waals surface area (Å²) >= 11 is 1.25. The van der Waals surface area contributed by atoms with Gasteiger partial charge in [0.25, 0.3) is 0 Å². The maximum Gasteiger partial charge on any atom is 0.227 e. The van der Waals surface area contributed by atoms with Crippen molar-refractivity contribution in [1.82, 2.24) is 9.97 Å². The molecule has 1 saturated heterocycles. The molecule has 6 nitrogen and oxygen atoms in total. The molecule has 0 spiro atoms. The fourth-order valence-corrected chi connectivity index (χ4v) is 2.59. The molecule has 1 aromatic rings. The summed E-state index contributed by atoms with van der Waals surface area (Å²) in [5.74, 6) is 1.14. The van der Waals surface area contributed by atoms with Crippen LogP contribution >= 0.6 is 11.8 Å². The van der Waals surface area contributed by atoms with Crippen molar-refractivity contribution in [3.05, 3.63) is 12.5 Å². The van der Waals surface area contributed by atoms with Gasteiger partial charge in [0, 0.05) is 25.6 Å². The molecule has 0 bridgehead atoms. The molecule has 2 heterocycles. The predicted octanol–water partition coefficient (Wildman–Crippen LogP) is 0.691. The molecule has 0 saturated carbocycles. The van der Waals surface area contributed by atoms with E-state index in [1.165, 1.54) is 25.0 Å². The second-order valence-electron chi connectivity index (χ2n) is 4.17. The highest BCUT2D eigenvalue weighted by Crippen LogP contribution is 2.29. The van der Waals surface area contributed by atoms with Crippen LogP contribution in [0.25, 0.3) is 0 Å². The Balaban J connectivity index is 2.06. The van der Waals surface area contributed by atoms with Crippen LogP contribution in [0.1, 0.15) is 13.3 Å². The first-order valence-electron chi connectivity index (χ1n) is 5.57. The molecule has 1 aromatic heterocycles. The van der Waals surface area contributed by atoms with Gasteiger partial charge in [-0.2, -0.15) is 0 Å². The summed E-state index contributed by atoms with van der Waals surface area (Å²) in [5.41, 5.74) is 6.28. The summed E-state index contributed by atoms with van der Waals surface area (Å²) in [6, 6.07) is 0. The number of nitrogen functional groups attached to an aromatic ring is 1. The predicted molar refractivity (Wildman–Crippen MR) is 70.0 cm³/mol. The van der Waals surface area contributed by atoms with Gasteiger partial charge in [-0.1, -0.05) is 11.8 Å². The van der Waals surface area contributed by atoms with Gasteiger partial charge in [-0.15, -0.1) is 0 Å². The lowest BCUT2D eigenvalue weighted by molar-refractivity contribution is -0.117. The standard InChI is InChI=1S/C11H14N4O2S/c1-7(16)18-5-8-2-10(17)15(4-8)9-3-13-6-14-11(9)12/h3,6,8H,2,4-5H2,1H3,(H2,12,13,14). The highest BCUT2D eigenvalue weighted by atomic mass is 32.2. The van der Waals surface area contributed by atoms with E-state index in [1.54, 1.807) is 11.1 Å². The van der Waals surface area contributed by atoms with Gasteiger partial charge < -0.3 is 10.6 Å². The number of thioether (sulfide) groups is 1. The summed E-state index contributed by atoms with van der Waals surface area (Å²) in [6.45, 7) is 2.10. The number of hydrogen-bond acceptors (Lipinski definition) is 6. The van der Waals surface area contributed by atoms with Crippen molar-refractivity contribution in [3.8, 4) is 0 Å². The maximum absolute atomic E-state index is 11.9. The minimum absolute atomic E-state index is 0.00523. The van der Waals surface area contributed by atoms with Gasteiger partial charge in [0.05, 0.1) is 6.20 Å². The molecule has 0 radical (unpaired) electrons. The van der Waals surface area contributed by atoms with Crippen LogP contribution in [0.2, 0.25) is 0 Å². The number of carbonyl (C=O) groups is 2. The van der Waals surface area contributed by atoms with Gasteiger partial charge in [0.1, 0.15) is 12.0 Å². The number of nitrogens with two attached hydrogens (primary N) is 1. The molecule has 1 fully saturated rings. The van der Waals surface area contributed by atoms with Crippen molar-refractivity contribution in [2.75, 3.05) is 22.9 Å². The van der Waals surface area contributed by atoms with Gasteiger partial charge in [-0.3, -0.25) is 9.59 Å². The first kappa shape index (κ1) is 12.8. The third-order valence-corrected chi connectivity index (χ3v) is 3.79. The Morgan fingerprint density at radius 3 is 3.11 bits per heavy atom. The number of carbonyl (C=O) groups excluding carboxylic acids is 2. The lowest BCUT2D eigenvalue weighted by Gasteiger charge is -2.17. The molecule has 2 rings (SSSR count). The van der Waals surface area contributed by atoms with Gasteiger partial charge in [-0.05, 0) is 5.92 Å². The second kappa shape index (κ2) is 5.34. The molecule has 1 aliphatic heterocycles. The largest absolute Gasteiger partial charge is 0.382 e. The van der Waals surface area contributed by atoms with Crippen molar-refractivity contribution in [3.63, 3.8) is 0 Å². The lowest BCUT2D eigenvalue weighted by atomic mass is 10.1. The van der Waals surface area contributed by atoms with E-state index in [2.05, 4.69) is 9.97 Å². The average molecular weight is 266 g/mol. The molecular weight excluding hydrogens is 252 g/mol. The van der Waals surface area contributed by atoms with E-state index in [0.29, 0.717) is 30.2 Å². The molecule has 0 aromatic carbocycles. The third kappa shape index (κ3) is 2.79. The molecule has 1 amide bonds. The highest BCUT2D eigenvalue weighted by Gasteiger charge is 2.32. The summed E-state index contributed by atoms with van der Waals surface area (Å²) < 4.78 is 0. The topological polar surface area (TPSA) is 89.2 Å². The highest BCUT2D eigenvalue weighted by molar-refractivity contribution is 8.13. The lowest BCUT2D eigenvalue weighted by Crippen LogP contribution is -2.26. The van der Waals surface area contributed by atoms with E-state index in [9.17, 15) is 9.59 Å². The number of nitrogens with zero attached hydrogens (tertiary/aromatic N) is 3. The number of amides is 1. The van der Waals surface area contributed by atoms with E-state index < -0.39 is 0 Å². The molecule has 96 valence electrons. The summed E-state index contributed by atoms with van der Waals surface area (Å²) in [4.78, 5) is 32.2. The van der Waals surface area contributed by atoms with Crippen LogP contribution in [0, 0.1) is 5.92 Å². The van der Waals surface area contributed by atoms with Crippen LogP contribution in [-0.4, -0.2) is 33.3 Å². The number of anilines is 2.